The zero-order valence-electron chi connectivity index (χ0n) is 14.6. The van der Waals surface area contributed by atoms with Gasteiger partial charge in [-0.05, 0) is 24.8 Å². The van der Waals surface area contributed by atoms with E-state index in [1.54, 1.807) is 0 Å². The Hall–Kier alpha value is -1.88. The molecular weight excluding hydrogens is 302 g/mol. The van der Waals surface area contributed by atoms with Crippen molar-refractivity contribution in [3.8, 4) is 17.1 Å². The van der Waals surface area contributed by atoms with E-state index < -0.39 is 0 Å². The quantitative estimate of drug-likeness (QED) is 0.927. The van der Waals surface area contributed by atoms with Gasteiger partial charge in [0, 0.05) is 35.4 Å². The van der Waals surface area contributed by atoms with Gasteiger partial charge in [0.15, 0.2) is 0 Å². The fourth-order valence-corrected chi connectivity index (χ4v) is 3.01. The van der Waals surface area contributed by atoms with Crippen molar-refractivity contribution in [1.29, 1.82) is 0 Å². The number of hydrogen-bond acceptors (Lipinski definition) is 4. The summed E-state index contributed by atoms with van der Waals surface area (Å²) >= 11 is 0. The minimum atomic E-state index is 0.0414. The Morgan fingerprint density at radius 2 is 2.00 bits per heavy atom. The SMILES string of the molecule is CC(C)(C)c1cc(-c2cc(OC3CCOC3)c(C3CC3)cn2)n[nH]1. The molecule has 1 N–H and O–H groups in total. The lowest BCUT2D eigenvalue weighted by atomic mass is 9.92. The fraction of sp³-hybridized carbons (Fsp3) is 0.579. The van der Waals surface area contributed by atoms with Crippen LogP contribution in [0.5, 0.6) is 5.75 Å². The Bertz CT molecular complexity index is 722. The Morgan fingerprint density at radius 3 is 2.62 bits per heavy atom. The maximum atomic E-state index is 6.24. The van der Waals surface area contributed by atoms with Crippen LogP contribution in [0.15, 0.2) is 18.3 Å². The second-order valence-electron chi connectivity index (χ2n) is 7.90. The highest BCUT2D eigenvalue weighted by Gasteiger charge is 2.29. The zero-order chi connectivity index (χ0) is 16.7. The lowest BCUT2D eigenvalue weighted by molar-refractivity contribution is 0.140. The van der Waals surface area contributed by atoms with E-state index in [4.69, 9.17) is 9.47 Å². The average molecular weight is 327 g/mol. The Morgan fingerprint density at radius 1 is 1.17 bits per heavy atom. The molecule has 0 amide bonds. The number of aromatic nitrogens is 3. The smallest absolute Gasteiger partial charge is 0.127 e. The van der Waals surface area contributed by atoms with Gasteiger partial charge in [0.2, 0.25) is 0 Å². The average Bonchev–Trinajstić information content (AvgIpc) is 3.03. The molecule has 2 aromatic rings. The van der Waals surface area contributed by atoms with Crippen molar-refractivity contribution >= 4 is 0 Å². The molecule has 4 rings (SSSR count). The van der Waals surface area contributed by atoms with Gasteiger partial charge >= 0.3 is 0 Å². The predicted molar refractivity (Wildman–Crippen MR) is 92.3 cm³/mol. The highest BCUT2D eigenvalue weighted by molar-refractivity contribution is 5.58. The number of nitrogens with zero attached hydrogens (tertiary/aromatic N) is 2. The van der Waals surface area contributed by atoms with E-state index >= 15 is 0 Å². The van der Waals surface area contributed by atoms with Gasteiger partial charge in [-0.2, -0.15) is 5.10 Å². The standard InChI is InChI=1S/C19H25N3O2/c1-19(2,3)18-9-16(21-22-18)15-8-17(24-13-6-7-23-11-13)14(10-20-15)12-4-5-12/h8-10,12-13H,4-7,11H2,1-3H3,(H,21,22). The molecular formula is C19H25N3O2. The van der Waals surface area contributed by atoms with Crippen molar-refractivity contribution in [2.75, 3.05) is 13.2 Å². The van der Waals surface area contributed by atoms with Crippen LogP contribution in [-0.4, -0.2) is 34.5 Å². The Labute approximate surface area is 142 Å². The number of aromatic amines is 1. The largest absolute Gasteiger partial charge is 0.487 e. The summed E-state index contributed by atoms with van der Waals surface area (Å²) in [4.78, 5) is 4.65. The first-order valence-electron chi connectivity index (χ1n) is 8.81. The van der Waals surface area contributed by atoms with Gasteiger partial charge < -0.3 is 9.47 Å². The van der Waals surface area contributed by atoms with Gasteiger partial charge in [-0.25, -0.2) is 0 Å². The number of nitrogens with one attached hydrogen (secondary N) is 1. The normalized spacial score (nSPS) is 21.2. The number of H-pyrrole nitrogens is 1. The Kier molecular flexibility index (Phi) is 3.83. The molecule has 5 nitrogen and oxygen atoms in total. The van der Waals surface area contributed by atoms with Crippen LogP contribution in [0.25, 0.3) is 11.4 Å². The second-order valence-corrected chi connectivity index (χ2v) is 7.90. The van der Waals surface area contributed by atoms with Crippen LogP contribution in [0.4, 0.5) is 0 Å². The molecule has 1 unspecified atom stereocenters. The maximum Gasteiger partial charge on any atom is 0.127 e. The molecule has 2 aliphatic rings. The lowest BCUT2D eigenvalue weighted by Crippen LogP contribution is -2.16. The van der Waals surface area contributed by atoms with Crippen molar-refractivity contribution in [3.05, 3.63) is 29.6 Å². The number of rotatable bonds is 4. The van der Waals surface area contributed by atoms with E-state index in [1.165, 1.54) is 18.4 Å². The summed E-state index contributed by atoms with van der Waals surface area (Å²) in [6.45, 7) is 7.97. The molecule has 5 heteroatoms. The van der Waals surface area contributed by atoms with Gasteiger partial charge in [0.25, 0.3) is 0 Å². The fourth-order valence-electron chi connectivity index (χ4n) is 3.01. The third kappa shape index (κ3) is 3.18. The van der Waals surface area contributed by atoms with Crippen molar-refractivity contribution in [2.45, 2.75) is 57.5 Å². The monoisotopic (exact) mass is 327 g/mol. The van der Waals surface area contributed by atoms with E-state index in [0.29, 0.717) is 12.5 Å². The van der Waals surface area contributed by atoms with E-state index in [2.05, 4.69) is 48.1 Å². The van der Waals surface area contributed by atoms with E-state index in [1.807, 2.05) is 6.20 Å². The highest BCUT2D eigenvalue weighted by Crippen LogP contribution is 2.45. The molecule has 2 aromatic heterocycles. The summed E-state index contributed by atoms with van der Waals surface area (Å²) in [6.07, 6.45) is 5.55. The molecule has 0 aromatic carbocycles. The van der Waals surface area contributed by atoms with Gasteiger partial charge in [-0.15, -0.1) is 0 Å². The lowest BCUT2D eigenvalue weighted by Gasteiger charge is -2.16. The summed E-state index contributed by atoms with van der Waals surface area (Å²) in [7, 11) is 0. The molecule has 128 valence electrons. The van der Waals surface area contributed by atoms with Crippen LogP contribution >= 0.6 is 0 Å². The molecule has 0 radical (unpaired) electrons. The van der Waals surface area contributed by atoms with Crippen LogP contribution in [0.3, 0.4) is 0 Å². The van der Waals surface area contributed by atoms with E-state index in [9.17, 15) is 0 Å². The first-order valence-corrected chi connectivity index (χ1v) is 8.81. The third-order valence-corrected chi connectivity index (χ3v) is 4.74. The van der Waals surface area contributed by atoms with Crippen LogP contribution in [0.1, 0.15) is 57.2 Å². The van der Waals surface area contributed by atoms with Crippen molar-refractivity contribution in [3.63, 3.8) is 0 Å². The zero-order valence-corrected chi connectivity index (χ0v) is 14.6. The molecule has 0 spiro atoms. The molecule has 1 aliphatic heterocycles. The van der Waals surface area contributed by atoms with Gasteiger partial charge in [-0.3, -0.25) is 10.1 Å². The first-order chi connectivity index (χ1) is 11.5. The molecule has 24 heavy (non-hydrogen) atoms. The summed E-state index contributed by atoms with van der Waals surface area (Å²) in [5.74, 6) is 1.56. The Balaban J connectivity index is 1.64. The molecule has 1 saturated heterocycles. The molecule has 2 fully saturated rings. The van der Waals surface area contributed by atoms with Gasteiger partial charge in [0.1, 0.15) is 17.5 Å². The number of hydrogen-bond donors (Lipinski definition) is 1. The summed E-state index contributed by atoms with van der Waals surface area (Å²) in [6, 6.07) is 4.14. The minimum absolute atomic E-state index is 0.0414. The molecule has 1 atom stereocenters. The predicted octanol–water partition coefficient (Wildman–Crippen LogP) is 3.81. The second kappa shape index (κ2) is 5.88. The molecule has 1 saturated carbocycles. The molecule has 0 bridgehead atoms. The van der Waals surface area contributed by atoms with Crippen LogP contribution in [0.2, 0.25) is 0 Å². The number of pyridine rings is 1. The van der Waals surface area contributed by atoms with Crippen molar-refractivity contribution in [1.82, 2.24) is 15.2 Å². The molecule has 3 heterocycles. The maximum absolute atomic E-state index is 6.24. The first kappa shape index (κ1) is 15.6. The third-order valence-electron chi connectivity index (χ3n) is 4.74. The highest BCUT2D eigenvalue weighted by atomic mass is 16.5. The summed E-state index contributed by atoms with van der Waals surface area (Å²) in [5, 5.41) is 7.58. The van der Waals surface area contributed by atoms with Crippen LogP contribution in [-0.2, 0) is 10.2 Å². The van der Waals surface area contributed by atoms with E-state index in [0.717, 1.165) is 35.9 Å². The van der Waals surface area contributed by atoms with Gasteiger partial charge in [-0.1, -0.05) is 20.8 Å². The van der Waals surface area contributed by atoms with Crippen molar-refractivity contribution < 1.29 is 9.47 Å². The summed E-state index contributed by atoms with van der Waals surface area (Å²) < 4.78 is 11.7. The topological polar surface area (TPSA) is 60.0 Å². The van der Waals surface area contributed by atoms with E-state index in [-0.39, 0.29) is 11.5 Å². The van der Waals surface area contributed by atoms with Crippen LogP contribution in [0, 0.1) is 0 Å². The molecule has 1 aliphatic carbocycles. The number of ether oxygens (including phenoxy) is 2. The minimum Gasteiger partial charge on any atom is -0.487 e. The summed E-state index contributed by atoms with van der Waals surface area (Å²) in [5.41, 5.74) is 4.11. The van der Waals surface area contributed by atoms with Gasteiger partial charge in [0.05, 0.1) is 18.9 Å². The van der Waals surface area contributed by atoms with Crippen molar-refractivity contribution in [2.24, 2.45) is 0 Å². The van der Waals surface area contributed by atoms with Crippen LogP contribution < -0.4 is 4.74 Å².